The first-order chi connectivity index (χ1) is 22.9. The molecule has 20 heteroatoms. The number of pyridine rings is 1. The number of rotatable bonds is 9. The molecule has 0 fully saturated rings. The van der Waals surface area contributed by atoms with Crippen molar-refractivity contribution in [1.29, 1.82) is 5.26 Å². The first-order valence-electron chi connectivity index (χ1n) is 13.7. The summed E-state index contributed by atoms with van der Waals surface area (Å²) in [4.78, 5) is 30.2. The van der Waals surface area contributed by atoms with Gasteiger partial charge in [-0.15, -0.1) is 0 Å². The molecule has 1 heterocycles. The summed E-state index contributed by atoms with van der Waals surface area (Å²) in [6.45, 7) is 0.111. The number of alkyl halides is 13. The van der Waals surface area contributed by atoms with Crippen molar-refractivity contribution in [2.24, 2.45) is 0 Å². The summed E-state index contributed by atoms with van der Waals surface area (Å²) < 4.78 is 191. The van der Waals surface area contributed by atoms with E-state index in [1.54, 1.807) is 5.32 Å². The standard InChI is InChI=1S/C30H20F14N4O2/c1-15-12-17(26(32,29(39,40)41)30(42,43)44)13-19(27(33,34)35)23(15)47-24(49)18-6-5-7-20(22(18)31)48(11-4-2-3-10-45)25(50)16-8-9-21(46-14-16)28(36,37)38/h5-9,12-14H,2-4,11H2,1H3,(H,47,49). The molecule has 3 rings (SSSR count). The summed E-state index contributed by atoms with van der Waals surface area (Å²) >= 11 is 0. The molecule has 0 saturated carbocycles. The Hall–Kier alpha value is -4.96. The Kier molecular flexibility index (Phi) is 11.1. The molecule has 0 aliphatic rings. The minimum absolute atomic E-state index is 0.00434. The van der Waals surface area contributed by atoms with Gasteiger partial charge in [-0.2, -0.15) is 57.9 Å². The third-order valence-electron chi connectivity index (χ3n) is 7.04. The molecule has 2 amide bonds. The van der Waals surface area contributed by atoms with Crippen LogP contribution in [0.3, 0.4) is 0 Å². The number of anilines is 2. The van der Waals surface area contributed by atoms with E-state index >= 15 is 4.39 Å². The minimum Gasteiger partial charge on any atom is -0.321 e. The number of nitrogens with zero attached hydrogens (tertiary/aromatic N) is 3. The monoisotopic (exact) mass is 734 g/mol. The van der Waals surface area contributed by atoms with Gasteiger partial charge in [-0.05, 0) is 55.7 Å². The van der Waals surface area contributed by atoms with E-state index in [0.717, 1.165) is 12.1 Å². The number of carbonyl (C=O) groups excluding carboxylic acids is 2. The molecule has 0 unspecified atom stereocenters. The number of unbranched alkanes of at least 4 members (excludes halogenated alkanes) is 2. The van der Waals surface area contributed by atoms with E-state index in [-0.39, 0.29) is 25.3 Å². The minimum atomic E-state index is -6.77. The highest BCUT2D eigenvalue weighted by Crippen LogP contribution is 2.54. The number of aromatic nitrogens is 1. The van der Waals surface area contributed by atoms with E-state index in [4.69, 9.17) is 5.26 Å². The van der Waals surface area contributed by atoms with Gasteiger partial charge in [-0.1, -0.05) is 12.1 Å². The largest absolute Gasteiger partial charge is 0.435 e. The van der Waals surface area contributed by atoms with Gasteiger partial charge in [0.25, 0.3) is 11.8 Å². The van der Waals surface area contributed by atoms with Crippen LogP contribution < -0.4 is 10.2 Å². The average molecular weight is 734 g/mol. The lowest BCUT2D eigenvalue weighted by atomic mass is 9.90. The number of nitrogens with one attached hydrogen (secondary N) is 1. The van der Waals surface area contributed by atoms with Gasteiger partial charge >= 0.3 is 30.4 Å². The molecule has 0 atom stereocenters. The van der Waals surface area contributed by atoms with Gasteiger partial charge in [-0.3, -0.25) is 14.6 Å². The van der Waals surface area contributed by atoms with E-state index in [9.17, 15) is 66.7 Å². The van der Waals surface area contributed by atoms with Gasteiger partial charge in [-0.25, -0.2) is 8.78 Å². The quantitative estimate of drug-likeness (QED) is 0.175. The molecule has 0 aliphatic carbocycles. The topological polar surface area (TPSA) is 86.1 Å². The fourth-order valence-electron chi connectivity index (χ4n) is 4.60. The van der Waals surface area contributed by atoms with Crippen LogP contribution in [0.5, 0.6) is 0 Å². The third kappa shape index (κ3) is 8.08. The maximum atomic E-state index is 15.9. The summed E-state index contributed by atoms with van der Waals surface area (Å²) in [6, 6.07) is 4.47. The number of nitriles is 1. The lowest BCUT2D eigenvalue weighted by Gasteiger charge is -2.31. The van der Waals surface area contributed by atoms with Crippen molar-refractivity contribution >= 4 is 23.2 Å². The Morgan fingerprint density at radius 2 is 1.48 bits per heavy atom. The molecule has 6 nitrogen and oxygen atoms in total. The van der Waals surface area contributed by atoms with Crippen LogP contribution in [-0.4, -0.2) is 35.7 Å². The van der Waals surface area contributed by atoms with Crippen molar-refractivity contribution in [1.82, 2.24) is 4.98 Å². The summed E-state index contributed by atoms with van der Waals surface area (Å²) in [5.41, 5.74) is -17.4. The number of halogens is 14. The highest BCUT2D eigenvalue weighted by Gasteiger charge is 2.73. The first-order valence-corrected chi connectivity index (χ1v) is 13.7. The van der Waals surface area contributed by atoms with Crippen molar-refractivity contribution in [3.05, 3.63) is 88.0 Å². The van der Waals surface area contributed by atoms with Crippen LogP contribution >= 0.6 is 0 Å². The van der Waals surface area contributed by atoms with Gasteiger partial charge in [0.1, 0.15) is 5.69 Å². The van der Waals surface area contributed by atoms with Crippen molar-refractivity contribution in [3.63, 3.8) is 0 Å². The number of hydrogen-bond donors (Lipinski definition) is 1. The van der Waals surface area contributed by atoms with Crippen LogP contribution in [0.25, 0.3) is 0 Å². The molecule has 3 aromatic rings. The number of benzene rings is 2. The van der Waals surface area contributed by atoms with E-state index in [1.165, 1.54) is 0 Å². The molecule has 0 spiro atoms. The van der Waals surface area contributed by atoms with E-state index in [2.05, 4.69) is 4.98 Å². The van der Waals surface area contributed by atoms with Gasteiger partial charge in [0.2, 0.25) is 0 Å². The second-order valence-corrected chi connectivity index (χ2v) is 10.5. The van der Waals surface area contributed by atoms with Crippen LogP contribution in [-0.2, 0) is 18.0 Å². The highest BCUT2D eigenvalue weighted by atomic mass is 19.4. The first kappa shape index (κ1) is 39.5. The molecule has 2 aromatic carbocycles. The van der Waals surface area contributed by atoms with Crippen molar-refractivity contribution in [3.8, 4) is 6.07 Å². The summed E-state index contributed by atoms with van der Waals surface area (Å²) in [6.07, 6.45) is -23.6. The maximum absolute atomic E-state index is 15.9. The number of hydrogen-bond acceptors (Lipinski definition) is 4. The van der Waals surface area contributed by atoms with Crippen LogP contribution in [0.15, 0.2) is 48.7 Å². The van der Waals surface area contributed by atoms with Crippen molar-refractivity contribution in [2.75, 3.05) is 16.8 Å². The van der Waals surface area contributed by atoms with Crippen LogP contribution in [0.4, 0.5) is 72.8 Å². The molecule has 0 bridgehead atoms. The Morgan fingerprint density at radius 1 is 0.860 bits per heavy atom. The molecule has 50 heavy (non-hydrogen) atoms. The van der Waals surface area contributed by atoms with Gasteiger partial charge in [0, 0.05) is 24.7 Å². The normalized spacial score (nSPS) is 12.8. The number of aryl methyl sites for hydroxylation is 1. The zero-order valence-electron chi connectivity index (χ0n) is 24.9. The van der Waals surface area contributed by atoms with Crippen LogP contribution in [0.1, 0.15) is 62.4 Å². The average Bonchev–Trinajstić information content (AvgIpc) is 2.99. The number of carbonyl (C=O) groups is 2. The fourth-order valence-corrected chi connectivity index (χ4v) is 4.60. The predicted molar refractivity (Wildman–Crippen MR) is 146 cm³/mol. The van der Waals surface area contributed by atoms with Crippen molar-refractivity contribution < 1.29 is 71.1 Å². The zero-order valence-corrected chi connectivity index (χ0v) is 24.9. The third-order valence-corrected chi connectivity index (χ3v) is 7.04. The Balaban J connectivity index is 2.11. The predicted octanol–water partition coefficient (Wildman–Crippen LogP) is 9.45. The molecule has 270 valence electrons. The van der Waals surface area contributed by atoms with Crippen LogP contribution in [0, 0.1) is 24.1 Å². The lowest BCUT2D eigenvalue weighted by Crippen LogP contribution is -2.50. The molecule has 0 radical (unpaired) electrons. The van der Waals surface area contributed by atoms with Crippen LogP contribution in [0.2, 0.25) is 0 Å². The Morgan fingerprint density at radius 3 is 1.98 bits per heavy atom. The Labute approximate surface area is 272 Å². The van der Waals surface area contributed by atoms with Gasteiger partial charge < -0.3 is 10.2 Å². The smallest absolute Gasteiger partial charge is 0.321 e. The molecule has 0 aliphatic heterocycles. The molecular weight excluding hydrogens is 714 g/mol. The highest BCUT2D eigenvalue weighted by molar-refractivity contribution is 6.09. The van der Waals surface area contributed by atoms with Gasteiger partial charge in [0.05, 0.1) is 34.1 Å². The molecular formula is C30H20F14N4O2. The van der Waals surface area contributed by atoms with Gasteiger partial charge in [0.15, 0.2) is 5.82 Å². The Bertz CT molecular complexity index is 1760. The molecule has 1 aromatic heterocycles. The van der Waals surface area contributed by atoms with E-state index < -0.39 is 106 Å². The van der Waals surface area contributed by atoms with E-state index in [0.29, 0.717) is 36.2 Å². The molecule has 1 N–H and O–H groups in total. The summed E-state index contributed by atoms with van der Waals surface area (Å²) in [5, 5.41) is 10.3. The van der Waals surface area contributed by atoms with E-state index in [1.807, 2.05) is 6.07 Å². The molecule has 0 saturated heterocycles. The van der Waals surface area contributed by atoms with Crippen molar-refractivity contribution in [2.45, 2.75) is 56.6 Å². The maximum Gasteiger partial charge on any atom is 0.435 e. The lowest BCUT2D eigenvalue weighted by molar-refractivity contribution is -0.348. The second kappa shape index (κ2) is 14.1. The second-order valence-electron chi connectivity index (χ2n) is 10.5. The number of amides is 2. The summed E-state index contributed by atoms with van der Waals surface area (Å²) in [5.74, 6) is -4.51. The SMILES string of the molecule is Cc1cc(C(F)(C(F)(F)F)C(F)(F)F)cc(C(F)(F)F)c1NC(=O)c1cccc(N(CCCCC#N)C(=O)c2ccc(C(F)(F)F)nc2)c1F. The summed E-state index contributed by atoms with van der Waals surface area (Å²) in [7, 11) is 0. The zero-order chi connectivity index (χ0) is 38.0. The fraction of sp³-hybridized carbons (Fsp3) is 0.333.